The van der Waals surface area contributed by atoms with E-state index in [4.69, 9.17) is 0 Å². The quantitative estimate of drug-likeness (QED) is 0.902. The Hall–Kier alpha value is -2.47. The normalized spacial score (nSPS) is 15.2. The van der Waals surface area contributed by atoms with Crippen LogP contribution < -0.4 is 10.2 Å². The second-order valence-corrected chi connectivity index (χ2v) is 6.35. The highest BCUT2D eigenvalue weighted by Gasteiger charge is 2.16. The summed E-state index contributed by atoms with van der Waals surface area (Å²) in [6, 6.07) is 8.22. The minimum absolute atomic E-state index is 0.134. The van der Waals surface area contributed by atoms with Crippen LogP contribution in [0.15, 0.2) is 42.7 Å². The fourth-order valence-corrected chi connectivity index (χ4v) is 2.86. The van der Waals surface area contributed by atoms with Crippen molar-refractivity contribution in [1.29, 1.82) is 0 Å². The molecule has 1 aliphatic heterocycles. The maximum absolute atomic E-state index is 12.9. The van der Waals surface area contributed by atoms with Gasteiger partial charge in [-0.05, 0) is 37.2 Å². The van der Waals surface area contributed by atoms with Crippen molar-refractivity contribution in [3.05, 3.63) is 59.7 Å². The Labute approximate surface area is 147 Å². The van der Waals surface area contributed by atoms with Crippen LogP contribution in [0, 0.1) is 5.82 Å². The monoisotopic (exact) mass is 342 g/mol. The van der Waals surface area contributed by atoms with E-state index >= 15 is 0 Å². The van der Waals surface area contributed by atoms with Crippen LogP contribution in [0.1, 0.15) is 15.9 Å². The van der Waals surface area contributed by atoms with Gasteiger partial charge in [-0.2, -0.15) is 0 Å². The zero-order chi connectivity index (χ0) is 17.6. The number of anilines is 1. The zero-order valence-corrected chi connectivity index (χ0v) is 14.4. The first kappa shape index (κ1) is 17.4. The second-order valence-electron chi connectivity index (χ2n) is 6.35. The number of carbonyl (C=O) groups is 1. The predicted octanol–water partition coefficient (Wildman–Crippen LogP) is 1.94. The van der Waals surface area contributed by atoms with Crippen molar-refractivity contribution >= 4 is 11.6 Å². The zero-order valence-electron chi connectivity index (χ0n) is 14.4. The summed E-state index contributed by atoms with van der Waals surface area (Å²) >= 11 is 0. The Morgan fingerprint density at radius 3 is 2.60 bits per heavy atom. The number of benzene rings is 1. The van der Waals surface area contributed by atoms with Crippen molar-refractivity contribution in [2.45, 2.75) is 6.42 Å². The third kappa shape index (κ3) is 4.76. The molecule has 0 radical (unpaired) electrons. The van der Waals surface area contributed by atoms with Gasteiger partial charge in [-0.25, -0.2) is 4.39 Å². The van der Waals surface area contributed by atoms with Gasteiger partial charge in [-0.15, -0.1) is 0 Å². The molecule has 3 rings (SSSR count). The molecule has 1 amide bonds. The molecule has 132 valence electrons. The van der Waals surface area contributed by atoms with Crippen LogP contribution >= 0.6 is 0 Å². The third-order valence-corrected chi connectivity index (χ3v) is 4.47. The van der Waals surface area contributed by atoms with E-state index in [1.807, 2.05) is 6.07 Å². The summed E-state index contributed by atoms with van der Waals surface area (Å²) in [6.45, 7) is 4.40. The summed E-state index contributed by atoms with van der Waals surface area (Å²) in [5.74, 6) is -0.384. The van der Waals surface area contributed by atoms with Gasteiger partial charge in [0.25, 0.3) is 5.91 Å². The molecule has 0 saturated carbocycles. The smallest absolute Gasteiger partial charge is 0.252 e. The summed E-state index contributed by atoms with van der Waals surface area (Å²) in [4.78, 5) is 21.1. The molecule has 1 aromatic heterocycles. The van der Waals surface area contributed by atoms with Crippen LogP contribution in [0.2, 0.25) is 0 Å². The number of amides is 1. The van der Waals surface area contributed by atoms with Crippen molar-refractivity contribution < 1.29 is 9.18 Å². The van der Waals surface area contributed by atoms with Crippen molar-refractivity contribution in [3.63, 3.8) is 0 Å². The molecule has 1 N–H and O–H groups in total. The van der Waals surface area contributed by atoms with Gasteiger partial charge < -0.3 is 15.1 Å². The van der Waals surface area contributed by atoms with Gasteiger partial charge in [-0.3, -0.25) is 9.78 Å². The molecule has 0 aliphatic carbocycles. The molecule has 25 heavy (non-hydrogen) atoms. The van der Waals surface area contributed by atoms with Crippen LogP contribution in [0.5, 0.6) is 0 Å². The Balaban J connectivity index is 1.55. The first-order valence-corrected chi connectivity index (χ1v) is 8.53. The SMILES string of the molecule is CN1CCN(c2cncc(C(=O)NCCc3ccc(F)cc3)c2)CC1. The number of carbonyl (C=O) groups excluding carboxylic acids is 1. The third-order valence-electron chi connectivity index (χ3n) is 4.47. The average Bonchev–Trinajstić information content (AvgIpc) is 2.64. The van der Waals surface area contributed by atoms with Gasteiger partial charge in [0, 0.05) is 38.9 Å². The summed E-state index contributed by atoms with van der Waals surface area (Å²) in [5.41, 5.74) is 2.54. The maximum atomic E-state index is 12.9. The Morgan fingerprint density at radius 2 is 1.88 bits per heavy atom. The molecular weight excluding hydrogens is 319 g/mol. The number of likely N-dealkylation sites (N-methyl/N-ethyl adjacent to an activating group) is 1. The van der Waals surface area contributed by atoms with Crippen molar-refractivity contribution in [1.82, 2.24) is 15.2 Å². The largest absolute Gasteiger partial charge is 0.368 e. The minimum Gasteiger partial charge on any atom is -0.368 e. The molecule has 6 heteroatoms. The number of hydrogen-bond acceptors (Lipinski definition) is 4. The molecule has 2 aromatic rings. The summed E-state index contributed by atoms with van der Waals surface area (Å²) in [6.07, 6.45) is 4.06. The summed E-state index contributed by atoms with van der Waals surface area (Å²) in [5, 5.41) is 2.90. The van der Waals surface area contributed by atoms with Gasteiger partial charge >= 0.3 is 0 Å². The van der Waals surface area contributed by atoms with E-state index in [9.17, 15) is 9.18 Å². The van der Waals surface area contributed by atoms with Crippen molar-refractivity contribution in [2.75, 3.05) is 44.7 Å². The molecule has 0 spiro atoms. The molecular formula is C19H23FN4O. The van der Waals surface area contributed by atoms with Gasteiger partial charge in [0.15, 0.2) is 0 Å². The molecule has 0 unspecified atom stereocenters. The topological polar surface area (TPSA) is 48.5 Å². The first-order chi connectivity index (χ1) is 12.1. The molecule has 5 nitrogen and oxygen atoms in total. The molecule has 1 fully saturated rings. The summed E-state index contributed by atoms with van der Waals surface area (Å²) < 4.78 is 12.9. The fourth-order valence-electron chi connectivity index (χ4n) is 2.86. The number of hydrogen-bond donors (Lipinski definition) is 1. The molecule has 1 saturated heterocycles. The van der Waals surface area contributed by atoms with E-state index < -0.39 is 0 Å². The van der Waals surface area contributed by atoms with E-state index in [-0.39, 0.29) is 11.7 Å². The average molecular weight is 342 g/mol. The van der Waals surface area contributed by atoms with Crippen LogP contribution in [0.4, 0.5) is 10.1 Å². The molecule has 2 heterocycles. The number of aromatic nitrogens is 1. The Morgan fingerprint density at radius 1 is 1.16 bits per heavy atom. The highest BCUT2D eigenvalue weighted by atomic mass is 19.1. The number of pyridine rings is 1. The Kier molecular flexibility index (Phi) is 5.60. The standard InChI is InChI=1S/C19H23FN4O/c1-23-8-10-24(11-9-23)18-12-16(13-21-14-18)19(25)22-7-6-15-2-4-17(20)5-3-15/h2-5,12-14H,6-11H2,1H3,(H,22,25). The van der Waals surface area contributed by atoms with Crippen molar-refractivity contribution in [3.8, 4) is 0 Å². The number of rotatable bonds is 5. The van der Waals surface area contributed by atoms with Gasteiger partial charge in [0.1, 0.15) is 5.82 Å². The lowest BCUT2D eigenvalue weighted by atomic mass is 10.1. The van der Waals surface area contributed by atoms with Crippen molar-refractivity contribution in [2.24, 2.45) is 0 Å². The van der Waals surface area contributed by atoms with E-state index in [1.165, 1.54) is 12.1 Å². The lowest BCUT2D eigenvalue weighted by Gasteiger charge is -2.33. The number of piperazine rings is 1. The molecule has 1 aliphatic rings. The second kappa shape index (κ2) is 8.07. The van der Waals surface area contributed by atoms with E-state index in [0.29, 0.717) is 18.5 Å². The van der Waals surface area contributed by atoms with Gasteiger partial charge in [0.2, 0.25) is 0 Å². The number of nitrogens with one attached hydrogen (secondary N) is 1. The van der Waals surface area contributed by atoms with E-state index in [1.54, 1.807) is 24.5 Å². The fraction of sp³-hybridized carbons (Fsp3) is 0.368. The Bertz CT molecular complexity index is 712. The predicted molar refractivity (Wildman–Crippen MR) is 96.4 cm³/mol. The number of halogens is 1. The van der Waals surface area contributed by atoms with Gasteiger partial charge in [-0.1, -0.05) is 12.1 Å². The molecule has 1 aromatic carbocycles. The highest BCUT2D eigenvalue weighted by molar-refractivity contribution is 5.94. The lowest BCUT2D eigenvalue weighted by molar-refractivity contribution is 0.0954. The summed E-state index contributed by atoms with van der Waals surface area (Å²) in [7, 11) is 2.11. The number of nitrogens with zero attached hydrogens (tertiary/aromatic N) is 3. The molecule has 0 bridgehead atoms. The first-order valence-electron chi connectivity index (χ1n) is 8.53. The maximum Gasteiger partial charge on any atom is 0.252 e. The van der Waals surface area contributed by atoms with Crippen LogP contribution in [0.3, 0.4) is 0 Å². The highest BCUT2D eigenvalue weighted by Crippen LogP contribution is 2.16. The van der Waals surface area contributed by atoms with E-state index in [0.717, 1.165) is 37.4 Å². The minimum atomic E-state index is -0.250. The van der Waals surface area contributed by atoms with Gasteiger partial charge in [0.05, 0.1) is 17.4 Å². The van der Waals surface area contributed by atoms with Crippen LogP contribution in [0.25, 0.3) is 0 Å². The van der Waals surface area contributed by atoms with Crippen LogP contribution in [-0.2, 0) is 6.42 Å². The van der Waals surface area contributed by atoms with E-state index in [2.05, 4.69) is 27.1 Å². The molecule has 0 atom stereocenters. The lowest BCUT2D eigenvalue weighted by Crippen LogP contribution is -2.44. The van der Waals surface area contributed by atoms with Crippen LogP contribution in [-0.4, -0.2) is 55.6 Å².